The highest BCUT2D eigenvalue weighted by atomic mass is 16.5. The fourth-order valence-electron chi connectivity index (χ4n) is 3.14. The van der Waals surface area contributed by atoms with E-state index in [2.05, 4.69) is 31.0 Å². The second-order valence-electron chi connectivity index (χ2n) is 6.07. The van der Waals surface area contributed by atoms with E-state index in [0.717, 1.165) is 32.8 Å². The van der Waals surface area contributed by atoms with Gasteiger partial charge < -0.3 is 15.0 Å². The molecule has 0 bridgehead atoms. The Morgan fingerprint density at radius 1 is 1.26 bits per heavy atom. The maximum Gasteiger partial charge on any atom is 0.219 e. The van der Waals surface area contributed by atoms with Gasteiger partial charge in [0.05, 0.1) is 19.3 Å². The lowest BCUT2D eigenvalue weighted by Crippen LogP contribution is -2.62. The normalized spacial score (nSPS) is 37.4. The van der Waals surface area contributed by atoms with Crippen LogP contribution in [-0.4, -0.2) is 72.7 Å². The van der Waals surface area contributed by atoms with Crippen molar-refractivity contribution in [2.45, 2.75) is 51.9 Å². The number of rotatable bonds is 2. The summed E-state index contributed by atoms with van der Waals surface area (Å²) in [5.74, 6) is 0.187. The monoisotopic (exact) mass is 269 g/mol. The zero-order valence-corrected chi connectivity index (χ0v) is 12.6. The fraction of sp³-hybridized carbons (Fsp3) is 0.929. The quantitative estimate of drug-likeness (QED) is 0.783. The van der Waals surface area contributed by atoms with Crippen LogP contribution in [0.3, 0.4) is 0 Å². The Kier molecular flexibility index (Phi) is 4.81. The molecule has 0 radical (unpaired) electrons. The summed E-state index contributed by atoms with van der Waals surface area (Å²) in [6.45, 7) is 12.4. The summed E-state index contributed by atoms with van der Waals surface area (Å²) in [5.41, 5.74) is 0. The minimum atomic E-state index is 0.187. The number of nitrogens with zero attached hydrogens (tertiary/aromatic N) is 2. The van der Waals surface area contributed by atoms with Crippen LogP contribution in [0.1, 0.15) is 27.7 Å². The SMILES string of the molecule is CC(=O)N1C[C@@H](C)NC[C@@H]1CN1[C@H](C)COC[C@H]1C. The maximum absolute atomic E-state index is 11.8. The number of morpholine rings is 1. The predicted octanol–water partition coefficient (Wildman–Crippen LogP) is 0.304. The molecule has 0 aliphatic carbocycles. The van der Waals surface area contributed by atoms with Crippen LogP contribution in [0, 0.1) is 0 Å². The molecule has 0 aromatic rings. The van der Waals surface area contributed by atoms with Gasteiger partial charge in [-0.15, -0.1) is 0 Å². The van der Waals surface area contributed by atoms with Crippen LogP contribution in [0.5, 0.6) is 0 Å². The van der Waals surface area contributed by atoms with Gasteiger partial charge in [-0.05, 0) is 20.8 Å². The van der Waals surface area contributed by atoms with E-state index in [1.54, 1.807) is 6.92 Å². The summed E-state index contributed by atoms with van der Waals surface area (Å²) in [5, 5.41) is 3.48. The Labute approximate surface area is 116 Å². The Balaban J connectivity index is 2.01. The van der Waals surface area contributed by atoms with Crippen molar-refractivity contribution in [3.63, 3.8) is 0 Å². The Morgan fingerprint density at radius 2 is 1.89 bits per heavy atom. The molecular weight excluding hydrogens is 242 g/mol. The number of carbonyl (C=O) groups is 1. The molecule has 0 aromatic heterocycles. The molecule has 2 heterocycles. The first-order valence-electron chi connectivity index (χ1n) is 7.33. The molecule has 0 spiro atoms. The summed E-state index contributed by atoms with van der Waals surface area (Å²) in [4.78, 5) is 16.3. The average molecular weight is 269 g/mol. The van der Waals surface area contributed by atoms with Crippen LogP contribution in [0.15, 0.2) is 0 Å². The van der Waals surface area contributed by atoms with E-state index in [-0.39, 0.29) is 11.9 Å². The van der Waals surface area contributed by atoms with Gasteiger partial charge in [0.25, 0.3) is 0 Å². The van der Waals surface area contributed by atoms with Gasteiger partial charge in [0.2, 0.25) is 5.91 Å². The van der Waals surface area contributed by atoms with Crippen molar-refractivity contribution in [3.8, 4) is 0 Å². The molecule has 5 nitrogen and oxygen atoms in total. The van der Waals surface area contributed by atoms with Crippen LogP contribution in [0.25, 0.3) is 0 Å². The van der Waals surface area contributed by atoms with Gasteiger partial charge in [0.1, 0.15) is 0 Å². The van der Waals surface area contributed by atoms with Crippen molar-refractivity contribution in [2.24, 2.45) is 0 Å². The third-order valence-corrected chi connectivity index (χ3v) is 4.29. The van der Waals surface area contributed by atoms with Crippen molar-refractivity contribution in [2.75, 3.05) is 32.8 Å². The van der Waals surface area contributed by atoms with E-state index in [9.17, 15) is 4.79 Å². The number of hydrogen-bond acceptors (Lipinski definition) is 4. The fourth-order valence-corrected chi connectivity index (χ4v) is 3.14. The first-order chi connectivity index (χ1) is 8.99. The van der Waals surface area contributed by atoms with E-state index in [1.165, 1.54) is 0 Å². The highest BCUT2D eigenvalue weighted by Gasteiger charge is 2.33. The smallest absolute Gasteiger partial charge is 0.219 e. The second kappa shape index (κ2) is 6.20. The molecule has 1 amide bonds. The molecule has 19 heavy (non-hydrogen) atoms. The van der Waals surface area contributed by atoms with Crippen molar-refractivity contribution < 1.29 is 9.53 Å². The van der Waals surface area contributed by atoms with Crippen LogP contribution < -0.4 is 5.32 Å². The van der Waals surface area contributed by atoms with Crippen LogP contribution >= 0.6 is 0 Å². The highest BCUT2D eigenvalue weighted by Crippen LogP contribution is 2.17. The molecule has 2 aliphatic rings. The van der Waals surface area contributed by atoms with Gasteiger partial charge in [0, 0.05) is 44.7 Å². The summed E-state index contributed by atoms with van der Waals surface area (Å²) in [6, 6.07) is 1.52. The topological polar surface area (TPSA) is 44.8 Å². The van der Waals surface area contributed by atoms with Crippen LogP contribution in [0.4, 0.5) is 0 Å². The predicted molar refractivity (Wildman–Crippen MR) is 75.1 cm³/mol. The third-order valence-electron chi connectivity index (χ3n) is 4.29. The van der Waals surface area contributed by atoms with E-state index < -0.39 is 0 Å². The van der Waals surface area contributed by atoms with Crippen molar-refractivity contribution >= 4 is 5.91 Å². The Hall–Kier alpha value is -0.650. The van der Waals surface area contributed by atoms with Gasteiger partial charge in [-0.2, -0.15) is 0 Å². The third kappa shape index (κ3) is 3.46. The standard InChI is InChI=1S/C14H27N3O2/c1-10-6-17(13(4)18)14(5-15-10)7-16-11(2)8-19-9-12(16)3/h10-12,14-15H,5-9H2,1-4H3/t10-,11-,12-,14-/m1/s1. The second-order valence-corrected chi connectivity index (χ2v) is 6.07. The number of amides is 1. The largest absolute Gasteiger partial charge is 0.378 e. The lowest BCUT2D eigenvalue weighted by Gasteiger charge is -2.45. The molecule has 0 aromatic carbocycles. The van der Waals surface area contributed by atoms with E-state index in [1.807, 2.05) is 4.90 Å². The molecular formula is C14H27N3O2. The number of carbonyl (C=O) groups excluding carboxylic acids is 1. The summed E-state index contributed by atoms with van der Waals surface area (Å²) in [7, 11) is 0. The minimum absolute atomic E-state index is 0.187. The zero-order valence-electron chi connectivity index (χ0n) is 12.6. The molecule has 110 valence electrons. The highest BCUT2D eigenvalue weighted by molar-refractivity contribution is 5.73. The summed E-state index contributed by atoms with van der Waals surface area (Å²) < 4.78 is 5.57. The molecule has 0 saturated carbocycles. The first kappa shape index (κ1) is 14.8. The van der Waals surface area contributed by atoms with Gasteiger partial charge in [-0.25, -0.2) is 0 Å². The molecule has 2 saturated heterocycles. The molecule has 4 atom stereocenters. The molecule has 5 heteroatoms. The number of piperazine rings is 1. The van der Waals surface area contributed by atoms with E-state index >= 15 is 0 Å². The molecule has 2 aliphatic heterocycles. The van der Waals surface area contributed by atoms with E-state index in [0.29, 0.717) is 18.1 Å². The number of hydrogen-bond donors (Lipinski definition) is 1. The molecule has 2 fully saturated rings. The summed E-state index contributed by atoms with van der Waals surface area (Å²) >= 11 is 0. The van der Waals surface area contributed by atoms with Gasteiger partial charge in [0.15, 0.2) is 0 Å². The lowest BCUT2D eigenvalue weighted by molar-refractivity contribution is -0.134. The van der Waals surface area contributed by atoms with Crippen LogP contribution in [-0.2, 0) is 9.53 Å². The average Bonchev–Trinajstić information content (AvgIpc) is 2.35. The van der Waals surface area contributed by atoms with Crippen LogP contribution in [0.2, 0.25) is 0 Å². The first-order valence-corrected chi connectivity index (χ1v) is 7.33. The molecule has 1 N–H and O–H groups in total. The maximum atomic E-state index is 11.8. The Morgan fingerprint density at radius 3 is 2.47 bits per heavy atom. The number of ether oxygens (including phenoxy) is 1. The van der Waals surface area contributed by atoms with Crippen molar-refractivity contribution in [1.29, 1.82) is 0 Å². The van der Waals surface area contributed by atoms with Gasteiger partial charge in [-0.3, -0.25) is 9.69 Å². The van der Waals surface area contributed by atoms with Gasteiger partial charge in [-0.1, -0.05) is 0 Å². The molecule has 0 unspecified atom stereocenters. The Bertz CT molecular complexity index is 314. The van der Waals surface area contributed by atoms with Gasteiger partial charge >= 0.3 is 0 Å². The minimum Gasteiger partial charge on any atom is -0.378 e. The number of nitrogens with one attached hydrogen (secondary N) is 1. The summed E-state index contributed by atoms with van der Waals surface area (Å²) in [6.07, 6.45) is 0. The van der Waals surface area contributed by atoms with E-state index in [4.69, 9.17) is 4.74 Å². The lowest BCUT2D eigenvalue weighted by atomic mass is 10.1. The molecule has 2 rings (SSSR count). The van der Waals surface area contributed by atoms with Crippen molar-refractivity contribution in [3.05, 3.63) is 0 Å². The zero-order chi connectivity index (χ0) is 14.0. The van der Waals surface area contributed by atoms with Crippen molar-refractivity contribution in [1.82, 2.24) is 15.1 Å².